The molecule has 1 aliphatic rings. The van der Waals surface area contributed by atoms with E-state index in [2.05, 4.69) is 10.2 Å². The Kier molecular flexibility index (Phi) is 4.23. The van der Waals surface area contributed by atoms with Gasteiger partial charge in [-0.1, -0.05) is 12.2 Å². The molecule has 1 saturated heterocycles. The summed E-state index contributed by atoms with van der Waals surface area (Å²) in [7, 11) is 0. The van der Waals surface area contributed by atoms with Crippen LogP contribution < -0.4 is 5.32 Å². The number of nitrogens with zero attached hydrogens (tertiary/aromatic N) is 1. The maximum Gasteiger partial charge on any atom is 0.133 e. The van der Waals surface area contributed by atoms with Crippen LogP contribution >= 0.6 is 0 Å². The highest BCUT2D eigenvalue weighted by molar-refractivity contribution is 5.49. The third-order valence-electron chi connectivity index (χ3n) is 2.83. The van der Waals surface area contributed by atoms with Crippen molar-refractivity contribution in [2.75, 3.05) is 32.7 Å². The molecule has 2 rings (SSSR count). The SMILES string of the molecule is Fc1ccc(/C=C/CN2CCNCC2)c(F)c1. The van der Waals surface area contributed by atoms with E-state index in [-0.39, 0.29) is 0 Å². The van der Waals surface area contributed by atoms with Crippen molar-refractivity contribution in [2.24, 2.45) is 0 Å². The van der Waals surface area contributed by atoms with Gasteiger partial charge in [-0.05, 0) is 12.1 Å². The first-order valence-electron chi connectivity index (χ1n) is 5.80. The van der Waals surface area contributed by atoms with Crippen LogP contribution in [-0.2, 0) is 0 Å². The number of rotatable bonds is 3. The van der Waals surface area contributed by atoms with Gasteiger partial charge < -0.3 is 5.32 Å². The smallest absolute Gasteiger partial charge is 0.133 e. The first-order chi connectivity index (χ1) is 8.25. The van der Waals surface area contributed by atoms with Crippen molar-refractivity contribution < 1.29 is 8.78 Å². The van der Waals surface area contributed by atoms with Gasteiger partial charge in [0.1, 0.15) is 11.6 Å². The summed E-state index contributed by atoms with van der Waals surface area (Å²) in [4.78, 5) is 2.29. The second-order valence-corrected chi connectivity index (χ2v) is 4.12. The fourth-order valence-electron chi connectivity index (χ4n) is 1.86. The number of benzene rings is 1. The van der Waals surface area contributed by atoms with Crippen LogP contribution in [0.1, 0.15) is 5.56 Å². The highest BCUT2D eigenvalue weighted by Crippen LogP contribution is 2.11. The lowest BCUT2D eigenvalue weighted by Gasteiger charge is -2.25. The average Bonchev–Trinajstić information content (AvgIpc) is 2.33. The highest BCUT2D eigenvalue weighted by atomic mass is 19.1. The molecule has 0 aromatic heterocycles. The van der Waals surface area contributed by atoms with E-state index in [0.29, 0.717) is 5.56 Å². The maximum atomic E-state index is 13.3. The Morgan fingerprint density at radius 1 is 1.24 bits per heavy atom. The van der Waals surface area contributed by atoms with Gasteiger partial charge >= 0.3 is 0 Å². The molecule has 92 valence electrons. The third-order valence-corrected chi connectivity index (χ3v) is 2.83. The van der Waals surface area contributed by atoms with E-state index in [1.165, 1.54) is 12.1 Å². The fraction of sp³-hybridized carbons (Fsp3) is 0.385. The molecule has 0 radical (unpaired) electrons. The van der Waals surface area contributed by atoms with E-state index in [1.54, 1.807) is 6.08 Å². The molecule has 0 amide bonds. The predicted molar refractivity (Wildman–Crippen MR) is 64.7 cm³/mol. The average molecular weight is 238 g/mol. The Morgan fingerprint density at radius 3 is 2.71 bits per heavy atom. The zero-order valence-electron chi connectivity index (χ0n) is 9.63. The Hall–Kier alpha value is -1.26. The van der Waals surface area contributed by atoms with Crippen LogP contribution in [0.2, 0.25) is 0 Å². The van der Waals surface area contributed by atoms with Gasteiger partial charge in [0.2, 0.25) is 0 Å². The molecule has 0 unspecified atom stereocenters. The van der Waals surface area contributed by atoms with Gasteiger partial charge in [-0.25, -0.2) is 8.78 Å². The predicted octanol–water partition coefficient (Wildman–Crippen LogP) is 1.88. The molecular weight excluding hydrogens is 222 g/mol. The van der Waals surface area contributed by atoms with Crippen LogP contribution in [0.5, 0.6) is 0 Å². The molecule has 1 fully saturated rings. The minimum absolute atomic E-state index is 0.432. The molecule has 0 bridgehead atoms. The quantitative estimate of drug-likeness (QED) is 0.865. The molecule has 2 nitrogen and oxygen atoms in total. The summed E-state index contributed by atoms with van der Waals surface area (Å²) in [5.41, 5.74) is 0.432. The summed E-state index contributed by atoms with van der Waals surface area (Å²) in [6.45, 7) is 4.82. The number of hydrogen-bond acceptors (Lipinski definition) is 2. The first kappa shape index (κ1) is 12.2. The third kappa shape index (κ3) is 3.61. The van der Waals surface area contributed by atoms with Crippen LogP contribution in [0.15, 0.2) is 24.3 Å². The van der Waals surface area contributed by atoms with Crippen molar-refractivity contribution in [3.63, 3.8) is 0 Å². The summed E-state index contributed by atoms with van der Waals surface area (Å²) in [5.74, 6) is -1.05. The number of hydrogen-bond donors (Lipinski definition) is 1. The van der Waals surface area contributed by atoms with Crippen LogP contribution in [0, 0.1) is 11.6 Å². The Balaban J connectivity index is 1.90. The Bertz CT molecular complexity index is 398. The van der Waals surface area contributed by atoms with E-state index >= 15 is 0 Å². The number of halogens is 2. The lowest BCUT2D eigenvalue weighted by Crippen LogP contribution is -2.43. The first-order valence-corrected chi connectivity index (χ1v) is 5.80. The summed E-state index contributed by atoms with van der Waals surface area (Å²) in [6.07, 6.45) is 3.62. The van der Waals surface area contributed by atoms with Crippen LogP contribution in [0.3, 0.4) is 0 Å². The van der Waals surface area contributed by atoms with Crippen molar-refractivity contribution >= 4 is 6.08 Å². The van der Waals surface area contributed by atoms with Crippen LogP contribution in [-0.4, -0.2) is 37.6 Å². The molecule has 17 heavy (non-hydrogen) atoms. The Labute approximate surface area is 99.9 Å². The van der Waals surface area contributed by atoms with Gasteiger partial charge in [0.15, 0.2) is 0 Å². The van der Waals surface area contributed by atoms with Crippen LogP contribution in [0.25, 0.3) is 6.08 Å². The molecule has 0 spiro atoms. The Morgan fingerprint density at radius 2 is 2.00 bits per heavy atom. The zero-order chi connectivity index (χ0) is 12.1. The molecule has 4 heteroatoms. The monoisotopic (exact) mass is 238 g/mol. The van der Waals surface area contributed by atoms with E-state index in [0.717, 1.165) is 38.8 Å². The molecular formula is C13H16F2N2. The highest BCUT2D eigenvalue weighted by Gasteiger charge is 2.06. The number of nitrogens with one attached hydrogen (secondary N) is 1. The lowest BCUT2D eigenvalue weighted by atomic mass is 10.2. The molecule has 0 saturated carbocycles. The molecule has 1 aromatic carbocycles. The van der Waals surface area contributed by atoms with E-state index in [9.17, 15) is 8.78 Å². The normalized spacial score (nSPS) is 17.8. The van der Waals surface area contributed by atoms with E-state index in [4.69, 9.17) is 0 Å². The van der Waals surface area contributed by atoms with Crippen LogP contribution in [0.4, 0.5) is 8.78 Å². The second-order valence-electron chi connectivity index (χ2n) is 4.12. The second kappa shape index (κ2) is 5.89. The van der Waals surface area contributed by atoms with E-state index in [1.807, 2.05) is 6.08 Å². The molecule has 1 heterocycles. The van der Waals surface area contributed by atoms with Gasteiger partial charge in [0, 0.05) is 44.4 Å². The summed E-state index contributed by atoms with van der Waals surface area (Å²) < 4.78 is 26.0. The zero-order valence-corrected chi connectivity index (χ0v) is 9.63. The summed E-state index contributed by atoms with van der Waals surface area (Å²) in [5, 5.41) is 3.27. The van der Waals surface area contributed by atoms with Gasteiger partial charge in [0.25, 0.3) is 0 Å². The van der Waals surface area contributed by atoms with E-state index < -0.39 is 11.6 Å². The minimum atomic E-state index is -0.540. The van der Waals surface area contributed by atoms with Crippen molar-refractivity contribution in [1.29, 1.82) is 0 Å². The molecule has 1 N–H and O–H groups in total. The summed E-state index contributed by atoms with van der Waals surface area (Å²) in [6, 6.07) is 3.64. The van der Waals surface area contributed by atoms with Gasteiger partial charge in [0.05, 0.1) is 0 Å². The van der Waals surface area contributed by atoms with Crippen molar-refractivity contribution in [1.82, 2.24) is 10.2 Å². The van der Waals surface area contributed by atoms with Gasteiger partial charge in [-0.3, -0.25) is 4.90 Å². The maximum absolute atomic E-state index is 13.3. The minimum Gasteiger partial charge on any atom is -0.314 e. The molecule has 0 aliphatic carbocycles. The van der Waals surface area contributed by atoms with Gasteiger partial charge in [-0.2, -0.15) is 0 Å². The molecule has 1 aliphatic heterocycles. The van der Waals surface area contributed by atoms with Crippen molar-refractivity contribution in [3.05, 3.63) is 41.5 Å². The van der Waals surface area contributed by atoms with Gasteiger partial charge in [-0.15, -0.1) is 0 Å². The number of piperazine rings is 1. The lowest BCUT2D eigenvalue weighted by molar-refractivity contribution is 0.265. The summed E-state index contributed by atoms with van der Waals surface area (Å²) >= 11 is 0. The fourth-order valence-corrected chi connectivity index (χ4v) is 1.86. The largest absolute Gasteiger partial charge is 0.314 e. The standard InChI is InChI=1S/C13H16F2N2/c14-12-4-3-11(13(15)10-12)2-1-7-17-8-5-16-6-9-17/h1-4,10,16H,5-9H2/b2-1+. The molecule has 1 aromatic rings. The molecule has 0 atom stereocenters. The van der Waals surface area contributed by atoms with Crippen molar-refractivity contribution in [3.8, 4) is 0 Å². The van der Waals surface area contributed by atoms with Crippen molar-refractivity contribution in [2.45, 2.75) is 0 Å². The topological polar surface area (TPSA) is 15.3 Å².